The zero-order valence-electron chi connectivity index (χ0n) is 44.1. The van der Waals surface area contributed by atoms with Gasteiger partial charge in [-0.25, -0.2) is 8.78 Å². The van der Waals surface area contributed by atoms with E-state index in [1.165, 1.54) is 7.11 Å². The fourth-order valence-electron chi connectivity index (χ4n) is 13.8. The molecule has 4 aliphatic heterocycles. The van der Waals surface area contributed by atoms with Crippen LogP contribution in [0.1, 0.15) is 130 Å². The zero-order valence-corrected chi connectivity index (χ0v) is 44.1. The Morgan fingerprint density at radius 1 is 0.867 bits per heavy atom. The van der Waals surface area contributed by atoms with Crippen molar-refractivity contribution in [3.8, 4) is 34.4 Å². The minimum absolute atomic E-state index is 0.00613. The number of carbonyl (C=O) groups excluding carboxylic acids is 2. The van der Waals surface area contributed by atoms with Gasteiger partial charge in [-0.3, -0.25) is 14.3 Å². The molecule has 4 aromatic carbocycles. The van der Waals surface area contributed by atoms with Gasteiger partial charge in [0.05, 0.1) is 31.4 Å². The van der Waals surface area contributed by atoms with E-state index in [-0.39, 0.29) is 57.9 Å². The molecule has 6 aliphatic rings. The highest BCUT2D eigenvalue weighted by molar-refractivity contribution is 5.95. The number of rotatable bonds is 12. The summed E-state index contributed by atoms with van der Waals surface area (Å²) in [5, 5.41) is 18.0. The summed E-state index contributed by atoms with van der Waals surface area (Å²) < 4.78 is 56.5. The fourth-order valence-corrected chi connectivity index (χ4v) is 13.8. The predicted molar refractivity (Wildman–Crippen MR) is 283 cm³/mol. The Kier molecular flexibility index (Phi) is 13.3. The van der Waals surface area contributed by atoms with Crippen LogP contribution in [0.2, 0.25) is 0 Å². The number of anilines is 3. The van der Waals surface area contributed by atoms with Gasteiger partial charge in [-0.2, -0.15) is 10.4 Å². The standard InChI is InChI=1S/C60H69F2N7O6/c1-37(70)67-25-19-50-49(36-67)54(65-69(50)43-20-28-73-29-21-43)68-24-7-8-40-30-47(48(53(61)62)32-51(40)68)38-11-16-44(17-12-38)74-46-33-60(34-46)22-26-66(27-23-60)42-14-9-39(10-15-42)55(71)64-56-58(2,3)57(59(56,4)5)75-45-18-13-41(35-63)52(31-45)72-6/h9-18,30-32,43,46,53,56-57H,7-8,19-29,33-34,36H2,1-6H3,(H,64,71). The lowest BCUT2D eigenvalue weighted by Gasteiger charge is -2.63. The first-order valence-electron chi connectivity index (χ1n) is 26.9. The quantitative estimate of drug-likeness (QED) is 0.129. The van der Waals surface area contributed by atoms with Gasteiger partial charge >= 0.3 is 0 Å². The molecular formula is C60H69F2N7O6. The van der Waals surface area contributed by atoms with Gasteiger partial charge in [0, 0.05) is 109 Å². The van der Waals surface area contributed by atoms with E-state index in [0.29, 0.717) is 67.5 Å². The van der Waals surface area contributed by atoms with E-state index < -0.39 is 6.43 Å². The highest BCUT2D eigenvalue weighted by Crippen LogP contribution is 2.56. The van der Waals surface area contributed by atoms with Crippen LogP contribution >= 0.6 is 0 Å². The van der Waals surface area contributed by atoms with Crippen LogP contribution in [0.4, 0.5) is 26.0 Å². The molecule has 0 bridgehead atoms. The average Bonchev–Trinajstić information content (AvgIpc) is 3.82. The lowest BCUT2D eigenvalue weighted by Crippen LogP contribution is -2.74. The van der Waals surface area contributed by atoms with Crippen LogP contribution in [0, 0.1) is 27.6 Å². The molecule has 394 valence electrons. The van der Waals surface area contributed by atoms with Crippen LogP contribution in [0.15, 0.2) is 78.9 Å². The van der Waals surface area contributed by atoms with Gasteiger partial charge in [0.25, 0.3) is 12.3 Å². The van der Waals surface area contributed by atoms with Crippen LogP contribution in [0.3, 0.4) is 0 Å². The number of aromatic nitrogens is 2. The largest absolute Gasteiger partial charge is 0.495 e. The minimum atomic E-state index is -2.68. The maximum Gasteiger partial charge on any atom is 0.264 e. The Morgan fingerprint density at radius 2 is 1.57 bits per heavy atom. The molecule has 2 amide bonds. The molecule has 13 nitrogen and oxygen atoms in total. The summed E-state index contributed by atoms with van der Waals surface area (Å²) in [5.41, 5.74) is 6.89. The number of fused-ring (bicyclic) bond motifs is 2. The number of alkyl halides is 2. The zero-order chi connectivity index (χ0) is 52.4. The number of hydrogen-bond donors (Lipinski definition) is 1. The first-order chi connectivity index (χ1) is 36.0. The number of piperidine rings is 1. The summed E-state index contributed by atoms with van der Waals surface area (Å²) in [4.78, 5) is 32.6. The summed E-state index contributed by atoms with van der Waals surface area (Å²) in [6.07, 6.45) is 5.37. The number of benzene rings is 4. The maximum atomic E-state index is 15.2. The molecule has 0 unspecified atom stereocenters. The molecule has 5 heterocycles. The number of hydrogen-bond acceptors (Lipinski definition) is 10. The van der Waals surface area contributed by atoms with E-state index >= 15 is 8.78 Å². The molecule has 1 aromatic heterocycles. The molecule has 5 aromatic rings. The number of aryl methyl sites for hydroxylation is 1. The summed E-state index contributed by atoms with van der Waals surface area (Å²) in [6, 6.07) is 26.7. The Bertz CT molecular complexity index is 2980. The average molecular weight is 1020 g/mol. The number of nitrogens with zero attached hydrogens (tertiary/aromatic N) is 6. The third-order valence-corrected chi connectivity index (χ3v) is 17.7. The third kappa shape index (κ3) is 9.35. The van der Waals surface area contributed by atoms with Crippen LogP contribution in [0.5, 0.6) is 17.2 Å². The summed E-state index contributed by atoms with van der Waals surface area (Å²) >= 11 is 0. The van der Waals surface area contributed by atoms with E-state index in [1.807, 2.05) is 47.4 Å². The monoisotopic (exact) mass is 1020 g/mol. The van der Waals surface area contributed by atoms with Crippen molar-refractivity contribution in [2.45, 2.75) is 130 Å². The van der Waals surface area contributed by atoms with Crippen molar-refractivity contribution >= 4 is 29.0 Å². The van der Waals surface area contributed by atoms with E-state index in [0.717, 1.165) is 110 Å². The highest BCUT2D eigenvalue weighted by atomic mass is 19.3. The number of nitriles is 1. The normalized spacial score (nSPS) is 21.8. The lowest BCUT2D eigenvalue weighted by molar-refractivity contribution is -0.164. The second-order valence-corrected chi connectivity index (χ2v) is 23.1. The van der Waals surface area contributed by atoms with Crippen molar-refractivity contribution < 1.29 is 37.3 Å². The molecule has 4 fully saturated rings. The van der Waals surface area contributed by atoms with Crippen LogP contribution in [0.25, 0.3) is 11.1 Å². The lowest BCUT2D eigenvalue weighted by atomic mass is 9.49. The summed E-state index contributed by atoms with van der Waals surface area (Å²) in [5.74, 6) is 2.52. The van der Waals surface area contributed by atoms with Crippen LogP contribution < -0.4 is 29.3 Å². The summed E-state index contributed by atoms with van der Waals surface area (Å²) in [6.45, 7) is 15.0. The van der Waals surface area contributed by atoms with E-state index in [4.69, 9.17) is 24.0 Å². The second kappa shape index (κ2) is 19.8. The Hall–Kier alpha value is -6.66. The number of methoxy groups -OCH3 is 1. The molecule has 1 spiro atoms. The Balaban J connectivity index is 0.692. The van der Waals surface area contributed by atoms with Crippen molar-refractivity contribution in [1.29, 1.82) is 5.26 Å². The topological polar surface area (TPSA) is 134 Å². The van der Waals surface area contributed by atoms with Crippen molar-refractivity contribution in [3.63, 3.8) is 0 Å². The molecule has 0 radical (unpaired) electrons. The van der Waals surface area contributed by atoms with Crippen LogP contribution in [-0.2, 0) is 28.9 Å². The molecule has 2 saturated carbocycles. The smallest absolute Gasteiger partial charge is 0.264 e. The molecule has 15 heteroatoms. The number of ether oxygens (including phenoxy) is 4. The van der Waals surface area contributed by atoms with Crippen molar-refractivity contribution in [2.75, 3.05) is 56.3 Å². The van der Waals surface area contributed by atoms with Crippen LogP contribution in [-0.4, -0.2) is 91.2 Å². The second-order valence-electron chi connectivity index (χ2n) is 23.1. The van der Waals surface area contributed by atoms with Gasteiger partial charge < -0.3 is 39.0 Å². The van der Waals surface area contributed by atoms with E-state index in [1.54, 1.807) is 31.2 Å². The van der Waals surface area contributed by atoms with Crippen molar-refractivity contribution in [2.24, 2.45) is 16.2 Å². The first-order valence-corrected chi connectivity index (χ1v) is 26.9. The third-order valence-electron chi connectivity index (χ3n) is 17.7. The number of carbonyl (C=O) groups is 2. The van der Waals surface area contributed by atoms with E-state index in [2.05, 4.69) is 65.7 Å². The molecule has 0 atom stereocenters. The number of nitrogens with one attached hydrogen (secondary N) is 1. The summed E-state index contributed by atoms with van der Waals surface area (Å²) in [7, 11) is 1.54. The number of amides is 2. The first kappa shape index (κ1) is 50.5. The maximum absolute atomic E-state index is 15.2. The van der Waals surface area contributed by atoms with Gasteiger partial charge in [-0.1, -0.05) is 39.8 Å². The molecule has 11 rings (SSSR count). The van der Waals surface area contributed by atoms with Crippen molar-refractivity contribution in [3.05, 3.63) is 112 Å². The minimum Gasteiger partial charge on any atom is -0.495 e. The number of halogens is 2. The van der Waals surface area contributed by atoms with Gasteiger partial charge in [-0.15, -0.1) is 0 Å². The Morgan fingerprint density at radius 3 is 2.24 bits per heavy atom. The van der Waals surface area contributed by atoms with Gasteiger partial charge in [0.2, 0.25) is 5.91 Å². The van der Waals surface area contributed by atoms with Gasteiger partial charge in [0.15, 0.2) is 5.82 Å². The van der Waals surface area contributed by atoms with E-state index in [9.17, 15) is 14.9 Å². The highest BCUT2D eigenvalue weighted by Gasteiger charge is 2.64. The molecule has 2 aliphatic carbocycles. The predicted octanol–water partition coefficient (Wildman–Crippen LogP) is 11.1. The van der Waals surface area contributed by atoms with Crippen molar-refractivity contribution in [1.82, 2.24) is 20.0 Å². The Labute approximate surface area is 439 Å². The van der Waals surface area contributed by atoms with Gasteiger partial charge in [0.1, 0.15) is 29.4 Å². The molecule has 1 N–H and O–H groups in total. The SMILES string of the molecule is COc1cc(OC2C(C)(C)C(NC(=O)c3ccc(N4CCC5(CC4)CC(Oc4ccc(-c6cc7c(cc6C(F)F)N(c6nn(C8CCOCC8)c8c6CN(C(C)=O)CC8)CCC7)cc4)C5)cc3)C2(C)C)ccc1C#N. The molecular weight excluding hydrogens is 953 g/mol. The molecule has 75 heavy (non-hydrogen) atoms. The molecule has 2 saturated heterocycles. The van der Waals surface area contributed by atoms with Gasteiger partial charge in [-0.05, 0) is 134 Å². The fraction of sp³-hybridized carbons (Fsp3) is 0.500.